The van der Waals surface area contributed by atoms with Crippen molar-refractivity contribution in [1.82, 2.24) is 0 Å². The van der Waals surface area contributed by atoms with E-state index in [1.807, 2.05) is 0 Å². The number of esters is 2. The Morgan fingerprint density at radius 2 is 2.29 bits per heavy atom. The summed E-state index contributed by atoms with van der Waals surface area (Å²) >= 11 is 0. The molecule has 1 aliphatic heterocycles. The molecule has 0 aromatic rings. The van der Waals surface area contributed by atoms with E-state index in [-0.39, 0.29) is 30.1 Å². The van der Waals surface area contributed by atoms with Crippen LogP contribution in [0.1, 0.15) is 32.6 Å². The Kier molecular flexibility index (Phi) is 2.44. The molecule has 0 radical (unpaired) electrons. The van der Waals surface area contributed by atoms with Crippen LogP contribution in [0.2, 0.25) is 0 Å². The van der Waals surface area contributed by atoms with Gasteiger partial charge in [-0.1, -0.05) is 0 Å². The molecule has 0 amide bonds. The van der Waals surface area contributed by atoms with Gasteiger partial charge in [0, 0.05) is 12.8 Å². The average Bonchev–Trinajstić information content (AvgIpc) is 2.45. The Bertz CT molecular complexity index is 261. The SMILES string of the molecule is CC(=O)O[C@H]1CCC[C@@H]2CC(=O)O[C@@H]21. The van der Waals surface area contributed by atoms with Gasteiger partial charge in [0.1, 0.15) is 12.2 Å². The van der Waals surface area contributed by atoms with Crippen LogP contribution in [0.4, 0.5) is 0 Å². The summed E-state index contributed by atoms with van der Waals surface area (Å²) in [6, 6.07) is 0. The fourth-order valence-corrected chi connectivity index (χ4v) is 2.36. The Labute approximate surface area is 82.6 Å². The van der Waals surface area contributed by atoms with Crippen molar-refractivity contribution < 1.29 is 19.1 Å². The Morgan fingerprint density at radius 1 is 1.50 bits per heavy atom. The van der Waals surface area contributed by atoms with Crippen LogP contribution in [0.15, 0.2) is 0 Å². The van der Waals surface area contributed by atoms with E-state index >= 15 is 0 Å². The topological polar surface area (TPSA) is 52.6 Å². The first kappa shape index (κ1) is 9.49. The van der Waals surface area contributed by atoms with Gasteiger partial charge in [-0.15, -0.1) is 0 Å². The van der Waals surface area contributed by atoms with Crippen LogP contribution in [-0.2, 0) is 19.1 Å². The van der Waals surface area contributed by atoms with Crippen LogP contribution in [0, 0.1) is 5.92 Å². The van der Waals surface area contributed by atoms with E-state index in [0.717, 1.165) is 19.3 Å². The lowest BCUT2D eigenvalue weighted by atomic mass is 9.84. The van der Waals surface area contributed by atoms with Crippen LogP contribution in [0.3, 0.4) is 0 Å². The highest BCUT2D eigenvalue weighted by Gasteiger charge is 2.43. The van der Waals surface area contributed by atoms with Crippen LogP contribution >= 0.6 is 0 Å². The predicted octanol–water partition coefficient (Wildman–Crippen LogP) is 1.03. The molecule has 4 heteroatoms. The number of carbonyl (C=O) groups excluding carboxylic acids is 2. The predicted molar refractivity (Wildman–Crippen MR) is 47.4 cm³/mol. The largest absolute Gasteiger partial charge is 0.459 e. The first-order valence-electron chi connectivity index (χ1n) is 5.03. The summed E-state index contributed by atoms with van der Waals surface area (Å²) in [5, 5.41) is 0. The summed E-state index contributed by atoms with van der Waals surface area (Å²) in [6.07, 6.45) is 2.93. The number of ether oxygens (including phenoxy) is 2. The van der Waals surface area contributed by atoms with Crippen LogP contribution in [0.5, 0.6) is 0 Å². The molecule has 1 saturated heterocycles. The van der Waals surface area contributed by atoms with Crippen molar-refractivity contribution >= 4 is 11.9 Å². The van der Waals surface area contributed by atoms with Crippen molar-refractivity contribution in [2.75, 3.05) is 0 Å². The molecule has 0 spiro atoms. The molecule has 0 aromatic heterocycles. The second-order valence-electron chi connectivity index (χ2n) is 4.00. The van der Waals surface area contributed by atoms with Gasteiger partial charge >= 0.3 is 11.9 Å². The minimum Gasteiger partial charge on any atom is -0.459 e. The number of fused-ring (bicyclic) bond motifs is 1. The minimum absolute atomic E-state index is 0.154. The molecule has 2 rings (SSSR count). The second kappa shape index (κ2) is 3.59. The monoisotopic (exact) mass is 198 g/mol. The Hall–Kier alpha value is -1.06. The van der Waals surface area contributed by atoms with Crippen LogP contribution in [0.25, 0.3) is 0 Å². The third-order valence-corrected chi connectivity index (χ3v) is 2.91. The maximum atomic E-state index is 11.1. The molecule has 78 valence electrons. The summed E-state index contributed by atoms with van der Waals surface area (Å²) in [7, 11) is 0. The summed E-state index contributed by atoms with van der Waals surface area (Å²) in [5.41, 5.74) is 0. The zero-order chi connectivity index (χ0) is 10.1. The van der Waals surface area contributed by atoms with Crippen LogP contribution < -0.4 is 0 Å². The molecule has 1 aliphatic carbocycles. The van der Waals surface area contributed by atoms with E-state index in [0.29, 0.717) is 6.42 Å². The molecule has 0 N–H and O–H groups in total. The maximum absolute atomic E-state index is 11.1. The van der Waals surface area contributed by atoms with Gasteiger partial charge in [-0.25, -0.2) is 0 Å². The van der Waals surface area contributed by atoms with Gasteiger partial charge in [0.05, 0.1) is 6.42 Å². The first-order chi connectivity index (χ1) is 6.66. The average molecular weight is 198 g/mol. The minimum atomic E-state index is -0.293. The van der Waals surface area contributed by atoms with Crippen molar-refractivity contribution in [1.29, 1.82) is 0 Å². The van der Waals surface area contributed by atoms with E-state index in [4.69, 9.17) is 9.47 Å². The van der Waals surface area contributed by atoms with Crippen LogP contribution in [-0.4, -0.2) is 24.1 Å². The van der Waals surface area contributed by atoms with E-state index in [2.05, 4.69) is 0 Å². The van der Waals surface area contributed by atoms with Crippen molar-refractivity contribution in [3.63, 3.8) is 0 Å². The highest BCUT2D eigenvalue weighted by molar-refractivity contribution is 5.72. The van der Waals surface area contributed by atoms with E-state index in [9.17, 15) is 9.59 Å². The summed E-state index contributed by atoms with van der Waals surface area (Å²) < 4.78 is 10.3. The highest BCUT2D eigenvalue weighted by Crippen LogP contribution is 2.36. The molecule has 4 nitrogen and oxygen atoms in total. The number of rotatable bonds is 1. The molecule has 0 aromatic carbocycles. The standard InChI is InChI=1S/C10H14O4/c1-6(11)13-8-4-2-3-7-5-9(12)14-10(7)8/h7-8,10H,2-5H2,1H3/t7-,8+,10+/m1/s1. The van der Waals surface area contributed by atoms with E-state index < -0.39 is 0 Å². The summed E-state index contributed by atoms with van der Waals surface area (Å²) in [4.78, 5) is 21.9. The van der Waals surface area contributed by atoms with Gasteiger partial charge in [-0.3, -0.25) is 9.59 Å². The van der Waals surface area contributed by atoms with Gasteiger partial charge in [0.15, 0.2) is 0 Å². The second-order valence-corrected chi connectivity index (χ2v) is 4.00. The quantitative estimate of drug-likeness (QED) is 0.590. The first-order valence-corrected chi connectivity index (χ1v) is 5.03. The molecule has 1 saturated carbocycles. The molecule has 14 heavy (non-hydrogen) atoms. The van der Waals surface area contributed by atoms with E-state index in [1.165, 1.54) is 6.92 Å². The number of carbonyl (C=O) groups is 2. The smallest absolute Gasteiger partial charge is 0.306 e. The zero-order valence-corrected chi connectivity index (χ0v) is 8.19. The summed E-state index contributed by atoms with van der Waals surface area (Å²) in [6.45, 7) is 1.39. The number of hydrogen-bond donors (Lipinski definition) is 0. The fourth-order valence-electron chi connectivity index (χ4n) is 2.36. The van der Waals surface area contributed by atoms with Crippen molar-refractivity contribution in [2.24, 2.45) is 5.92 Å². The fraction of sp³-hybridized carbons (Fsp3) is 0.800. The molecule has 3 atom stereocenters. The Balaban J connectivity index is 2.03. The lowest BCUT2D eigenvalue weighted by Gasteiger charge is -2.30. The third-order valence-electron chi connectivity index (χ3n) is 2.91. The molecule has 0 bridgehead atoms. The van der Waals surface area contributed by atoms with E-state index in [1.54, 1.807) is 0 Å². The van der Waals surface area contributed by atoms with Gasteiger partial charge in [0.25, 0.3) is 0 Å². The molecular formula is C10H14O4. The Morgan fingerprint density at radius 3 is 3.00 bits per heavy atom. The molecule has 0 unspecified atom stereocenters. The maximum Gasteiger partial charge on any atom is 0.306 e. The van der Waals surface area contributed by atoms with Crippen molar-refractivity contribution in [3.05, 3.63) is 0 Å². The lowest BCUT2D eigenvalue weighted by molar-refractivity contribution is -0.163. The normalized spacial score (nSPS) is 36.1. The highest BCUT2D eigenvalue weighted by atomic mass is 16.6. The zero-order valence-electron chi connectivity index (χ0n) is 8.19. The molecule has 2 aliphatic rings. The van der Waals surface area contributed by atoms with Gasteiger partial charge in [0.2, 0.25) is 0 Å². The van der Waals surface area contributed by atoms with Gasteiger partial charge < -0.3 is 9.47 Å². The number of hydrogen-bond acceptors (Lipinski definition) is 4. The van der Waals surface area contributed by atoms with Crippen molar-refractivity contribution in [3.8, 4) is 0 Å². The molecule has 1 heterocycles. The molecule has 2 fully saturated rings. The van der Waals surface area contributed by atoms with Crippen molar-refractivity contribution in [2.45, 2.75) is 44.8 Å². The summed E-state index contributed by atoms with van der Waals surface area (Å²) in [5.74, 6) is -0.182. The lowest BCUT2D eigenvalue weighted by Crippen LogP contribution is -2.38. The van der Waals surface area contributed by atoms with Gasteiger partial charge in [-0.2, -0.15) is 0 Å². The van der Waals surface area contributed by atoms with Gasteiger partial charge in [-0.05, 0) is 19.3 Å². The molecular weight excluding hydrogens is 184 g/mol. The third kappa shape index (κ3) is 1.74.